The number of allylic oxidation sites excluding steroid dienone is 1. The number of carbonyl (C=O) groups is 1. The van der Waals surface area contributed by atoms with E-state index >= 15 is 0 Å². The molecule has 0 aromatic heterocycles. The highest BCUT2D eigenvalue weighted by Crippen LogP contribution is 2.11. The summed E-state index contributed by atoms with van der Waals surface area (Å²) in [5.41, 5.74) is 0.697. The van der Waals surface area contributed by atoms with Gasteiger partial charge in [-0.2, -0.15) is 0 Å². The van der Waals surface area contributed by atoms with Gasteiger partial charge >= 0.3 is 12.4 Å². The lowest BCUT2D eigenvalue weighted by atomic mass is 10.2. The highest BCUT2D eigenvalue weighted by atomic mass is 28.1. The van der Waals surface area contributed by atoms with Gasteiger partial charge in [-0.05, 0) is 27.2 Å². The topological polar surface area (TPSA) is 44.8 Å². The van der Waals surface area contributed by atoms with Crippen molar-refractivity contribution in [2.45, 2.75) is 47.0 Å². The first-order chi connectivity index (χ1) is 8.06. The van der Waals surface area contributed by atoms with Crippen LogP contribution < -0.4 is 0 Å². The van der Waals surface area contributed by atoms with Crippen LogP contribution in [-0.4, -0.2) is 35.9 Å². The Morgan fingerprint density at radius 2 is 1.71 bits per heavy atom. The molecule has 0 unspecified atom stereocenters. The molecule has 0 aliphatic carbocycles. The normalized spacial score (nSPS) is 12.8. The lowest BCUT2D eigenvalue weighted by molar-refractivity contribution is -0.270. The second kappa shape index (κ2) is 9.38. The largest absolute Gasteiger partial charge is 0.407 e. The summed E-state index contributed by atoms with van der Waals surface area (Å²) in [6.45, 7) is 7.57. The van der Waals surface area contributed by atoms with Gasteiger partial charge in [-0.1, -0.05) is 18.5 Å². The van der Waals surface area contributed by atoms with Gasteiger partial charge in [0.25, 0.3) is 0 Å². The number of rotatable bonds is 8. The van der Waals surface area contributed by atoms with E-state index in [0.717, 1.165) is 23.1 Å². The minimum atomic E-state index is -0.886. The molecule has 0 aromatic rings. The summed E-state index contributed by atoms with van der Waals surface area (Å²) in [6.07, 6.45) is 2.00. The number of ether oxygens (including phenoxy) is 3. The summed E-state index contributed by atoms with van der Waals surface area (Å²) in [5, 5.41) is 1.18. The molecule has 0 fully saturated rings. The van der Waals surface area contributed by atoms with Crippen LogP contribution in [0.2, 0.25) is 0 Å². The van der Waals surface area contributed by atoms with Crippen molar-refractivity contribution in [1.29, 1.82) is 0 Å². The van der Waals surface area contributed by atoms with Crippen LogP contribution in [0, 0.1) is 0 Å². The van der Waals surface area contributed by atoms with Crippen LogP contribution in [-0.2, 0) is 19.0 Å². The van der Waals surface area contributed by atoms with Gasteiger partial charge < -0.3 is 14.2 Å². The van der Waals surface area contributed by atoms with Crippen molar-refractivity contribution in [2.24, 2.45) is 0 Å². The Hall–Kier alpha value is -0.653. The van der Waals surface area contributed by atoms with Crippen molar-refractivity contribution in [3.63, 3.8) is 0 Å². The molecule has 0 radical (unpaired) electrons. The third-order valence-electron chi connectivity index (χ3n) is 2.38. The van der Waals surface area contributed by atoms with Crippen molar-refractivity contribution >= 4 is 16.2 Å². The van der Waals surface area contributed by atoms with E-state index in [9.17, 15) is 4.79 Å². The second-order valence-electron chi connectivity index (χ2n) is 3.76. The predicted octanol–water partition coefficient (Wildman–Crippen LogP) is 1.33. The molecule has 0 rings (SSSR count). The summed E-state index contributed by atoms with van der Waals surface area (Å²) in [5.74, 6) is -0.338. The van der Waals surface area contributed by atoms with Crippen LogP contribution in [0.5, 0.6) is 0 Å². The molecule has 0 amide bonds. The summed E-state index contributed by atoms with van der Waals surface area (Å²) in [6, 6.07) is 0. The average Bonchev–Trinajstić information content (AvgIpc) is 2.29. The van der Waals surface area contributed by atoms with Gasteiger partial charge in [0.15, 0.2) is 0 Å². The van der Waals surface area contributed by atoms with Crippen LogP contribution in [0.15, 0.2) is 10.8 Å². The lowest BCUT2D eigenvalue weighted by Gasteiger charge is -2.17. The van der Waals surface area contributed by atoms with E-state index < -0.39 is 6.48 Å². The first-order valence-electron chi connectivity index (χ1n) is 6.17. The van der Waals surface area contributed by atoms with E-state index in [2.05, 4.69) is 6.92 Å². The van der Waals surface area contributed by atoms with Crippen LogP contribution in [0.25, 0.3) is 0 Å². The highest BCUT2D eigenvalue weighted by molar-refractivity contribution is 6.24. The van der Waals surface area contributed by atoms with E-state index in [0.29, 0.717) is 18.8 Å². The van der Waals surface area contributed by atoms with Crippen LogP contribution >= 0.6 is 0 Å². The Bertz CT molecular complexity index is 257. The van der Waals surface area contributed by atoms with Crippen molar-refractivity contribution in [3.8, 4) is 0 Å². The fourth-order valence-corrected chi connectivity index (χ4v) is 2.00. The van der Waals surface area contributed by atoms with Gasteiger partial charge in [0.1, 0.15) is 0 Å². The molecular formula is C12H24O4Si. The Kier molecular flexibility index (Phi) is 9.02. The number of hydrogen-bond donors (Lipinski definition) is 0. The molecule has 0 aromatic carbocycles. The molecule has 5 heteroatoms. The summed E-state index contributed by atoms with van der Waals surface area (Å²) in [7, 11) is 0.883. The first-order valence-corrected chi connectivity index (χ1v) is 7.17. The van der Waals surface area contributed by atoms with Crippen molar-refractivity contribution in [2.75, 3.05) is 13.2 Å². The summed E-state index contributed by atoms with van der Waals surface area (Å²) >= 11 is 0. The van der Waals surface area contributed by atoms with Gasteiger partial charge in [0, 0.05) is 15.8 Å². The molecule has 0 saturated heterocycles. The second-order valence-corrected chi connectivity index (χ2v) is 4.97. The van der Waals surface area contributed by atoms with Crippen molar-refractivity contribution in [1.82, 2.24) is 0 Å². The van der Waals surface area contributed by atoms with Crippen molar-refractivity contribution < 1.29 is 19.0 Å². The van der Waals surface area contributed by atoms with E-state index in [1.807, 2.05) is 13.8 Å². The molecule has 17 heavy (non-hydrogen) atoms. The fraction of sp³-hybridized carbons (Fsp3) is 0.750. The standard InChI is InChI=1S/C12H24O4Si/c1-5-8-10(17)9(4)11(13)16-12(14-6-2)15-7-3/h12H,5-8H2,1-4,17H3/b10-9+. The van der Waals surface area contributed by atoms with Gasteiger partial charge in [-0.3, -0.25) is 0 Å². The van der Waals surface area contributed by atoms with Gasteiger partial charge in [-0.15, -0.1) is 0 Å². The maximum absolute atomic E-state index is 11.8. The average molecular weight is 260 g/mol. The predicted molar refractivity (Wildman–Crippen MR) is 70.7 cm³/mol. The Morgan fingerprint density at radius 1 is 1.18 bits per heavy atom. The Balaban J connectivity index is 4.43. The molecule has 0 atom stereocenters. The minimum Gasteiger partial charge on any atom is -0.407 e. The quantitative estimate of drug-likeness (QED) is 0.286. The van der Waals surface area contributed by atoms with Crippen LogP contribution in [0.4, 0.5) is 0 Å². The molecule has 0 saturated carbocycles. The molecule has 4 nitrogen and oxygen atoms in total. The molecule has 0 heterocycles. The molecule has 0 aliphatic rings. The molecule has 100 valence electrons. The van der Waals surface area contributed by atoms with E-state index in [4.69, 9.17) is 14.2 Å². The molecule has 0 aliphatic heterocycles. The zero-order valence-electron chi connectivity index (χ0n) is 11.5. The Labute approximate surface area is 107 Å². The van der Waals surface area contributed by atoms with Gasteiger partial charge in [0.05, 0.1) is 13.2 Å². The van der Waals surface area contributed by atoms with Gasteiger partial charge in [-0.25, -0.2) is 4.79 Å². The third-order valence-corrected chi connectivity index (χ3v) is 3.63. The van der Waals surface area contributed by atoms with E-state index in [1.165, 1.54) is 5.20 Å². The maximum Gasteiger partial charge on any atom is 0.337 e. The third kappa shape index (κ3) is 6.60. The van der Waals surface area contributed by atoms with Crippen LogP contribution in [0.3, 0.4) is 0 Å². The summed E-state index contributed by atoms with van der Waals surface area (Å²) in [4.78, 5) is 11.8. The van der Waals surface area contributed by atoms with E-state index in [1.54, 1.807) is 6.92 Å². The highest BCUT2D eigenvalue weighted by Gasteiger charge is 2.16. The summed E-state index contributed by atoms with van der Waals surface area (Å²) < 4.78 is 15.5. The molecule has 0 bridgehead atoms. The number of carbonyl (C=O) groups excluding carboxylic acids is 1. The number of hydrogen-bond acceptors (Lipinski definition) is 4. The van der Waals surface area contributed by atoms with E-state index in [-0.39, 0.29) is 5.97 Å². The smallest absolute Gasteiger partial charge is 0.337 e. The van der Waals surface area contributed by atoms with Gasteiger partial charge in [0.2, 0.25) is 0 Å². The minimum absolute atomic E-state index is 0.338. The Morgan fingerprint density at radius 3 is 2.12 bits per heavy atom. The monoisotopic (exact) mass is 260 g/mol. The zero-order valence-corrected chi connectivity index (χ0v) is 13.5. The maximum atomic E-state index is 11.8. The van der Waals surface area contributed by atoms with Crippen LogP contribution in [0.1, 0.15) is 40.5 Å². The molecular weight excluding hydrogens is 236 g/mol. The SMILES string of the molecule is CCC/C([SiH3])=C(/C)C(=O)OC(OCC)OCC. The van der Waals surface area contributed by atoms with Crippen molar-refractivity contribution in [3.05, 3.63) is 10.8 Å². The zero-order chi connectivity index (χ0) is 13.3. The molecule has 0 spiro atoms. The lowest BCUT2D eigenvalue weighted by Crippen LogP contribution is -2.25. The molecule has 0 N–H and O–H groups in total. The fourth-order valence-electron chi connectivity index (χ4n) is 1.30. The number of esters is 1. The first kappa shape index (κ1) is 16.3.